The summed E-state index contributed by atoms with van der Waals surface area (Å²) in [4.78, 5) is 0. The van der Waals surface area contributed by atoms with Crippen LogP contribution in [-0.2, 0) is 4.74 Å². The normalized spacial score (nSPS) is 14.5. The van der Waals surface area contributed by atoms with Gasteiger partial charge in [-0.2, -0.15) is 0 Å². The quantitative estimate of drug-likeness (QED) is 0.794. The van der Waals surface area contributed by atoms with Crippen LogP contribution in [0.3, 0.4) is 0 Å². The lowest BCUT2D eigenvalue weighted by atomic mass is 10.0. The number of hydrogen-bond donors (Lipinski definition) is 1. The second-order valence-corrected chi connectivity index (χ2v) is 5.17. The Labute approximate surface area is 112 Å². The molecule has 0 saturated carbocycles. The van der Waals surface area contributed by atoms with Crippen molar-refractivity contribution < 1.29 is 4.74 Å². The first-order chi connectivity index (χ1) is 8.58. The van der Waals surface area contributed by atoms with Crippen molar-refractivity contribution >= 4 is 0 Å². The van der Waals surface area contributed by atoms with Gasteiger partial charge in [0.25, 0.3) is 0 Å². The van der Waals surface area contributed by atoms with E-state index in [0.29, 0.717) is 12.1 Å². The van der Waals surface area contributed by atoms with Crippen molar-refractivity contribution in [2.24, 2.45) is 0 Å². The van der Waals surface area contributed by atoms with Crippen LogP contribution in [0.1, 0.15) is 49.4 Å². The summed E-state index contributed by atoms with van der Waals surface area (Å²) in [5, 5.41) is 3.66. The molecule has 2 heteroatoms. The number of rotatable bonds is 7. The summed E-state index contributed by atoms with van der Waals surface area (Å²) in [7, 11) is 1.77. The van der Waals surface area contributed by atoms with Gasteiger partial charge in [0.1, 0.15) is 0 Å². The molecule has 0 saturated heterocycles. The number of aryl methyl sites for hydroxylation is 2. The van der Waals surface area contributed by atoms with Crippen molar-refractivity contribution in [1.82, 2.24) is 5.32 Å². The monoisotopic (exact) mass is 249 g/mol. The highest BCUT2D eigenvalue weighted by Gasteiger charge is 2.12. The number of nitrogens with one attached hydrogen (secondary N) is 1. The highest BCUT2D eigenvalue weighted by atomic mass is 16.5. The van der Waals surface area contributed by atoms with E-state index in [4.69, 9.17) is 4.74 Å². The number of benzene rings is 1. The van der Waals surface area contributed by atoms with Crippen molar-refractivity contribution in [2.45, 2.75) is 52.6 Å². The van der Waals surface area contributed by atoms with Crippen LogP contribution in [0.5, 0.6) is 0 Å². The Morgan fingerprint density at radius 1 is 1.22 bits per heavy atom. The van der Waals surface area contributed by atoms with Crippen molar-refractivity contribution in [3.05, 3.63) is 34.9 Å². The summed E-state index contributed by atoms with van der Waals surface area (Å²) in [6.07, 6.45) is 2.34. The molecule has 0 bridgehead atoms. The van der Waals surface area contributed by atoms with Gasteiger partial charge in [0.15, 0.2) is 0 Å². The van der Waals surface area contributed by atoms with Gasteiger partial charge in [-0.15, -0.1) is 0 Å². The number of ether oxygens (including phenoxy) is 1. The Morgan fingerprint density at radius 2 is 1.94 bits per heavy atom. The van der Waals surface area contributed by atoms with Gasteiger partial charge in [-0.05, 0) is 43.9 Å². The molecule has 0 fully saturated rings. The number of methoxy groups -OCH3 is 1. The highest BCUT2D eigenvalue weighted by Crippen LogP contribution is 2.18. The number of hydrogen-bond acceptors (Lipinski definition) is 2. The van der Waals surface area contributed by atoms with Gasteiger partial charge in [0, 0.05) is 19.2 Å². The van der Waals surface area contributed by atoms with Crippen LogP contribution in [0, 0.1) is 13.8 Å². The molecule has 1 rings (SSSR count). The van der Waals surface area contributed by atoms with E-state index in [1.807, 2.05) is 0 Å². The fourth-order valence-corrected chi connectivity index (χ4v) is 2.25. The SMILES string of the molecule is CCCC(COC)NC(C)c1ccc(C)c(C)c1. The molecule has 0 amide bonds. The van der Waals surface area contributed by atoms with E-state index in [1.54, 1.807) is 7.11 Å². The smallest absolute Gasteiger partial charge is 0.0616 e. The van der Waals surface area contributed by atoms with E-state index in [1.165, 1.54) is 23.1 Å². The molecule has 0 aliphatic heterocycles. The van der Waals surface area contributed by atoms with Crippen molar-refractivity contribution in [3.8, 4) is 0 Å². The third-order valence-corrected chi connectivity index (χ3v) is 3.52. The fourth-order valence-electron chi connectivity index (χ4n) is 2.25. The summed E-state index contributed by atoms with van der Waals surface area (Å²) in [6.45, 7) is 9.54. The molecule has 2 nitrogen and oxygen atoms in total. The molecule has 2 unspecified atom stereocenters. The summed E-state index contributed by atoms with van der Waals surface area (Å²) >= 11 is 0. The summed E-state index contributed by atoms with van der Waals surface area (Å²) < 4.78 is 5.27. The molecule has 0 aliphatic carbocycles. The van der Waals surface area contributed by atoms with Crippen LogP contribution in [0.25, 0.3) is 0 Å². The minimum atomic E-state index is 0.371. The lowest BCUT2D eigenvalue weighted by molar-refractivity contribution is 0.157. The van der Waals surface area contributed by atoms with Gasteiger partial charge in [0.05, 0.1) is 6.61 Å². The van der Waals surface area contributed by atoms with E-state index < -0.39 is 0 Å². The summed E-state index contributed by atoms with van der Waals surface area (Å²) in [5.74, 6) is 0. The zero-order valence-corrected chi connectivity index (χ0v) is 12.4. The Balaban J connectivity index is 2.67. The highest BCUT2D eigenvalue weighted by molar-refractivity contribution is 5.31. The molecular formula is C16H27NO. The van der Waals surface area contributed by atoms with Crippen LogP contribution < -0.4 is 5.32 Å². The van der Waals surface area contributed by atoms with Crippen LogP contribution in [0.15, 0.2) is 18.2 Å². The molecule has 0 spiro atoms. The topological polar surface area (TPSA) is 21.3 Å². The van der Waals surface area contributed by atoms with Gasteiger partial charge in [0.2, 0.25) is 0 Å². The van der Waals surface area contributed by atoms with E-state index in [2.05, 4.69) is 51.2 Å². The minimum Gasteiger partial charge on any atom is -0.383 e. The molecule has 18 heavy (non-hydrogen) atoms. The molecule has 0 aliphatic rings. The maximum Gasteiger partial charge on any atom is 0.0616 e. The molecule has 102 valence electrons. The summed E-state index contributed by atoms with van der Waals surface area (Å²) in [5.41, 5.74) is 4.07. The lowest BCUT2D eigenvalue weighted by Gasteiger charge is -2.23. The second kappa shape index (κ2) is 7.55. The average molecular weight is 249 g/mol. The van der Waals surface area contributed by atoms with Crippen LogP contribution in [0.2, 0.25) is 0 Å². The fraction of sp³-hybridized carbons (Fsp3) is 0.625. The first kappa shape index (κ1) is 15.2. The van der Waals surface area contributed by atoms with E-state index >= 15 is 0 Å². The first-order valence-corrected chi connectivity index (χ1v) is 6.90. The molecule has 1 aromatic carbocycles. The molecule has 2 atom stereocenters. The minimum absolute atomic E-state index is 0.371. The van der Waals surface area contributed by atoms with Gasteiger partial charge in [-0.25, -0.2) is 0 Å². The van der Waals surface area contributed by atoms with Crippen LogP contribution in [0.4, 0.5) is 0 Å². The van der Waals surface area contributed by atoms with Gasteiger partial charge >= 0.3 is 0 Å². The Hall–Kier alpha value is -0.860. The maximum absolute atomic E-state index is 5.27. The van der Waals surface area contributed by atoms with Crippen molar-refractivity contribution in [3.63, 3.8) is 0 Å². The third kappa shape index (κ3) is 4.43. The predicted octanol–water partition coefficient (Wildman–Crippen LogP) is 3.77. The molecule has 1 N–H and O–H groups in total. The van der Waals surface area contributed by atoms with Gasteiger partial charge in [-0.1, -0.05) is 31.5 Å². The first-order valence-electron chi connectivity index (χ1n) is 6.90. The molecule has 0 aromatic heterocycles. The van der Waals surface area contributed by atoms with E-state index in [9.17, 15) is 0 Å². The van der Waals surface area contributed by atoms with Gasteiger partial charge < -0.3 is 10.1 Å². The maximum atomic E-state index is 5.27. The van der Waals surface area contributed by atoms with Crippen LogP contribution in [-0.4, -0.2) is 19.8 Å². The van der Waals surface area contributed by atoms with Crippen LogP contribution >= 0.6 is 0 Å². The zero-order chi connectivity index (χ0) is 13.5. The van der Waals surface area contributed by atoms with Crippen molar-refractivity contribution in [2.75, 3.05) is 13.7 Å². The molecule has 0 heterocycles. The standard InChI is InChI=1S/C16H27NO/c1-6-7-16(11-18-5)17-14(4)15-9-8-12(2)13(3)10-15/h8-10,14,16-17H,6-7,11H2,1-5H3. The van der Waals surface area contributed by atoms with E-state index in [0.717, 1.165) is 13.0 Å². The largest absolute Gasteiger partial charge is 0.383 e. The Kier molecular flexibility index (Phi) is 6.37. The predicted molar refractivity (Wildman–Crippen MR) is 78.0 cm³/mol. The average Bonchev–Trinajstić information content (AvgIpc) is 2.33. The Morgan fingerprint density at radius 3 is 2.50 bits per heavy atom. The second-order valence-electron chi connectivity index (χ2n) is 5.17. The third-order valence-electron chi connectivity index (χ3n) is 3.52. The molecule has 0 radical (unpaired) electrons. The summed E-state index contributed by atoms with van der Waals surface area (Å²) in [6, 6.07) is 7.51. The van der Waals surface area contributed by atoms with E-state index in [-0.39, 0.29) is 0 Å². The Bertz CT molecular complexity index is 356. The molecular weight excluding hydrogens is 222 g/mol. The zero-order valence-electron chi connectivity index (χ0n) is 12.4. The molecule has 1 aromatic rings. The van der Waals surface area contributed by atoms with Gasteiger partial charge in [-0.3, -0.25) is 0 Å². The lowest BCUT2D eigenvalue weighted by Crippen LogP contribution is -2.35. The van der Waals surface area contributed by atoms with Crippen molar-refractivity contribution in [1.29, 1.82) is 0 Å².